The lowest BCUT2D eigenvalue weighted by atomic mass is 9.92. The zero-order valence-electron chi connectivity index (χ0n) is 13.8. The molecule has 0 aromatic heterocycles. The highest BCUT2D eigenvalue weighted by atomic mass is 35.5. The molecular formula is C21H16ClN3O. The molecule has 0 aliphatic rings. The van der Waals surface area contributed by atoms with E-state index in [-0.39, 0.29) is 6.03 Å². The average molecular weight is 362 g/mol. The normalized spacial score (nSPS) is 11.2. The molecule has 0 saturated carbocycles. The van der Waals surface area contributed by atoms with Crippen molar-refractivity contribution in [1.82, 2.24) is 0 Å². The summed E-state index contributed by atoms with van der Waals surface area (Å²) in [4.78, 5) is 12.1. The highest BCUT2D eigenvalue weighted by Gasteiger charge is 2.17. The fourth-order valence-electron chi connectivity index (χ4n) is 2.62. The maximum absolute atomic E-state index is 12.1. The molecule has 3 rings (SSSR count). The molecule has 5 heteroatoms. The molecule has 0 fully saturated rings. The minimum Gasteiger partial charge on any atom is -0.308 e. The van der Waals surface area contributed by atoms with Crippen molar-refractivity contribution in [3.8, 4) is 6.07 Å². The van der Waals surface area contributed by atoms with Crippen molar-refractivity contribution >= 4 is 29.0 Å². The molecule has 0 radical (unpaired) electrons. The van der Waals surface area contributed by atoms with E-state index in [0.29, 0.717) is 22.0 Å². The number of nitrogens with one attached hydrogen (secondary N) is 2. The first-order valence-electron chi connectivity index (χ1n) is 8.04. The molecule has 0 spiro atoms. The van der Waals surface area contributed by atoms with E-state index in [4.69, 9.17) is 11.6 Å². The van der Waals surface area contributed by atoms with Crippen LogP contribution in [0.25, 0.3) is 0 Å². The van der Waals surface area contributed by atoms with Gasteiger partial charge in [-0.3, -0.25) is 0 Å². The van der Waals surface area contributed by atoms with Gasteiger partial charge in [0.1, 0.15) is 0 Å². The number of carbonyl (C=O) groups excluding carboxylic acids is 1. The third-order valence-corrected chi connectivity index (χ3v) is 4.19. The van der Waals surface area contributed by atoms with Gasteiger partial charge in [0.15, 0.2) is 0 Å². The summed E-state index contributed by atoms with van der Waals surface area (Å²) in [6.07, 6.45) is 0. The van der Waals surface area contributed by atoms with Gasteiger partial charge in [0.05, 0.1) is 12.0 Å². The van der Waals surface area contributed by atoms with Gasteiger partial charge in [-0.2, -0.15) is 5.26 Å². The van der Waals surface area contributed by atoms with Crippen molar-refractivity contribution in [2.24, 2.45) is 0 Å². The molecule has 0 heterocycles. The van der Waals surface area contributed by atoms with E-state index in [1.54, 1.807) is 30.3 Å². The molecule has 2 amide bonds. The predicted octanol–water partition coefficient (Wildman–Crippen LogP) is 5.64. The van der Waals surface area contributed by atoms with E-state index >= 15 is 0 Å². The third kappa shape index (κ3) is 4.21. The summed E-state index contributed by atoms with van der Waals surface area (Å²) in [6, 6.07) is 25.7. The number of para-hydroxylation sites is 1. The third-order valence-electron chi connectivity index (χ3n) is 3.86. The van der Waals surface area contributed by atoms with Crippen LogP contribution in [0.1, 0.15) is 17.0 Å². The van der Waals surface area contributed by atoms with Crippen molar-refractivity contribution in [3.05, 3.63) is 95.0 Å². The van der Waals surface area contributed by atoms with Gasteiger partial charge in [0.2, 0.25) is 0 Å². The predicted molar refractivity (Wildman–Crippen MR) is 104 cm³/mol. The Hall–Kier alpha value is -3.29. The monoisotopic (exact) mass is 361 g/mol. The first-order chi connectivity index (χ1) is 12.7. The van der Waals surface area contributed by atoms with E-state index in [1.165, 1.54) is 0 Å². The Morgan fingerprint density at radius 1 is 0.885 bits per heavy atom. The number of hydrogen-bond donors (Lipinski definition) is 2. The summed E-state index contributed by atoms with van der Waals surface area (Å²) in [6.45, 7) is 0. The number of nitriles is 1. The number of anilines is 2. The van der Waals surface area contributed by atoms with E-state index in [2.05, 4.69) is 16.7 Å². The first kappa shape index (κ1) is 17.5. The van der Waals surface area contributed by atoms with Crippen molar-refractivity contribution < 1.29 is 4.79 Å². The second-order valence-electron chi connectivity index (χ2n) is 5.65. The summed E-state index contributed by atoms with van der Waals surface area (Å²) in [5.41, 5.74) is 2.83. The second-order valence-corrected chi connectivity index (χ2v) is 6.06. The summed E-state index contributed by atoms with van der Waals surface area (Å²) in [5.74, 6) is -0.462. The molecule has 0 bridgehead atoms. The van der Waals surface area contributed by atoms with E-state index in [1.807, 2.05) is 48.5 Å². The second kappa shape index (κ2) is 8.19. The molecule has 4 nitrogen and oxygen atoms in total. The lowest BCUT2D eigenvalue weighted by Gasteiger charge is -2.14. The molecule has 128 valence electrons. The lowest BCUT2D eigenvalue weighted by Crippen LogP contribution is -2.19. The fraction of sp³-hybridized carbons (Fsp3) is 0.0476. The summed E-state index contributed by atoms with van der Waals surface area (Å²) in [5, 5.41) is 15.5. The highest BCUT2D eigenvalue weighted by molar-refractivity contribution is 6.31. The number of halogens is 1. The Bertz CT molecular complexity index is 936. The number of benzene rings is 3. The number of amides is 2. The molecular weight excluding hydrogens is 346 g/mol. The number of rotatable bonds is 4. The Morgan fingerprint density at radius 3 is 2.12 bits per heavy atom. The first-order valence-corrected chi connectivity index (χ1v) is 8.42. The van der Waals surface area contributed by atoms with Crippen molar-refractivity contribution in [2.45, 2.75) is 5.92 Å². The molecule has 1 atom stereocenters. The molecule has 0 saturated heterocycles. The molecule has 2 N–H and O–H groups in total. The SMILES string of the molecule is N#CC(c1ccccc1)c1ccc(NC(=O)Nc2ccccc2)cc1Cl. The maximum atomic E-state index is 12.1. The van der Waals surface area contributed by atoms with Gasteiger partial charge in [-0.05, 0) is 35.4 Å². The van der Waals surface area contributed by atoms with Gasteiger partial charge in [-0.15, -0.1) is 0 Å². The van der Waals surface area contributed by atoms with Crippen LogP contribution in [0.4, 0.5) is 16.2 Å². The standard InChI is InChI=1S/C21H16ClN3O/c22-20-13-17(25-21(26)24-16-9-5-2-6-10-16)11-12-18(20)19(14-23)15-7-3-1-4-8-15/h1-13,19H,(H2,24,25,26). The smallest absolute Gasteiger partial charge is 0.308 e. The topological polar surface area (TPSA) is 64.9 Å². The van der Waals surface area contributed by atoms with E-state index in [9.17, 15) is 10.1 Å². The Morgan fingerprint density at radius 2 is 1.50 bits per heavy atom. The number of carbonyl (C=O) groups is 1. The van der Waals surface area contributed by atoms with E-state index < -0.39 is 5.92 Å². The molecule has 26 heavy (non-hydrogen) atoms. The van der Waals surface area contributed by atoms with Gasteiger partial charge >= 0.3 is 6.03 Å². The molecule has 3 aromatic rings. The van der Waals surface area contributed by atoms with Crippen LogP contribution in [0, 0.1) is 11.3 Å². The highest BCUT2D eigenvalue weighted by Crippen LogP contribution is 2.31. The minimum atomic E-state index is -0.462. The van der Waals surface area contributed by atoms with Crippen LogP contribution in [0.3, 0.4) is 0 Å². The molecule has 1 unspecified atom stereocenters. The quantitative estimate of drug-likeness (QED) is 0.631. The van der Waals surface area contributed by atoms with Gasteiger partial charge in [0.25, 0.3) is 0 Å². The van der Waals surface area contributed by atoms with Crippen LogP contribution in [0.2, 0.25) is 5.02 Å². The number of nitrogens with zero attached hydrogens (tertiary/aromatic N) is 1. The van der Waals surface area contributed by atoms with E-state index in [0.717, 1.165) is 5.56 Å². The fourth-order valence-corrected chi connectivity index (χ4v) is 2.91. The van der Waals surface area contributed by atoms with Crippen LogP contribution < -0.4 is 10.6 Å². The van der Waals surface area contributed by atoms with Gasteiger partial charge < -0.3 is 10.6 Å². The van der Waals surface area contributed by atoms with Crippen LogP contribution in [-0.4, -0.2) is 6.03 Å². The summed E-state index contributed by atoms with van der Waals surface area (Å²) in [7, 11) is 0. The minimum absolute atomic E-state index is 0.361. The van der Waals surface area contributed by atoms with Crippen LogP contribution in [-0.2, 0) is 0 Å². The van der Waals surface area contributed by atoms with Crippen LogP contribution in [0.5, 0.6) is 0 Å². The van der Waals surface area contributed by atoms with Gasteiger partial charge in [0, 0.05) is 16.4 Å². The largest absolute Gasteiger partial charge is 0.323 e. The summed E-state index contributed by atoms with van der Waals surface area (Å²) >= 11 is 6.37. The zero-order chi connectivity index (χ0) is 18.4. The molecule has 0 aliphatic heterocycles. The molecule has 0 aliphatic carbocycles. The number of urea groups is 1. The van der Waals surface area contributed by atoms with Gasteiger partial charge in [-0.25, -0.2) is 4.79 Å². The molecule has 3 aromatic carbocycles. The average Bonchev–Trinajstić information content (AvgIpc) is 2.65. The van der Waals surface area contributed by atoms with Crippen LogP contribution in [0.15, 0.2) is 78.9 Å². The van der Waals surface area contributed by atoms with Gasteiger partial charge in [-0.1, -0.05) is 66.2 Å². The Kier molecular flexibility index (Phi) is 5.52. The summed E-state index contributed by atoms with van der Waals surface area (Å²) < 4.78 is 0. The lowest BCUT2D eigenvalue weighted by molar-refractivity contribution is 0.262. The number of hydrogen-bond acceptors (Lipinski definition) is 2. The van der Waals surface area contributed by atoms with Crippen molar-refractivity contribution in [3.63, 3.8) is 0 Å². The van der Waals surface area contributed by atoms with Crippen LogP contribution >= 0.6 is 11.6 Å². The zero-order valence-corrected chi connectivity index (χ0v) is 14.6. The van der Waals surface area contributed by atoms with Crippen molar-refractivity contribution in [1.29, 1.82) is 5.26 Å². The maximum Gasteiger partial charge on any atom is 0.323 e. The Balaban J connectivity index is 1.75. The Labute approximate surface area is 157 Å². The van der Waals surface area contributed by atoms with Crippen molar-refractivity contribution in [2.75, 3.05) is 10.6 Å².